The molecule has 1 aliphatic carbocycles. The first kappa shape index (κ1) is 19.5. The van der Waals surface area contributed by atoms with E-state index >= 15 is 0 Å². The lowest BCUT2D eigenvalue weighted by atomic mass is 9.90. The molecule has 2 saturated heterocycles. The average molecular weight is 421 g/mol. The summed E-state index contributed by atoms with van der Waals surface area (Å²) in [6, 6.07) is 1.08. The Bertz CT molecular complexity index is 826. The SMILES string of the molecule is Clc1nc(N[C@H]2CC[C@H](N3CCOCC3)CC2)c2cnn(C3CCCCO3)c2n1. The van der Waals surface area contributed by atoms with E-state index in [1.165, 1.54) is 12.8 Å². The van der Waals surface area contributed by atoms with Crippen LogP contribution in [0.2, 0.25) is 5.28 Å². The molecule has 0 amide bonds. The highest BCUT2D eigenvalue weighted by Gasteiger charge is 2.28. The molecule has 1 atom stereocenters. The van der Waals surface area contributed by atoms with Gasteiger partial charge in [0.15, 0.2) is 11.9 Å². The summed E-state index contributed by atoms with van der Waals surface area (Å²) in [6.07, 6.45) is 9.63. The van der Waals surface area contributed by atoms with E-state index in [0.717, 1.165) is 81.9 Å². The van der Waals surface area contributed by atoms with Crippen molar-refractivity contribution in [1.29, 1.82) is 0 Å². The molecule has 3 fully saturated rings. The van der Waals surface area contributed by atoms with Crippen molar-refractivity contribution >= 4 is 28.5 Å². The van der Waals surface area contributed by atoms with Gasteiger partial charge in [-0.1, -0.05) is 0 Å². The number of hydrogen-bond acceptors (Lipinski definition) is 7. The fourth-order valence-electron chi connectivity index (χ4n) is 4.86. The summed E-state index contributed by atoms with van der Waals surface area (Å²) in [5.41, 5.74) is 0.751. The van der Waals surface area contributed by atoms with Gasteiger partial charge in [0.1, 0.15) is 5.82 Å². The number of rotatable bonds is 4. The summed E-state index contributed by atoms with van der Waals surface area (Å²) in [4.78, 5) is 11.5. The predicted octanol–water partition coefficient (Wildman–Crippen LogP) is 3.23. The molecule has 1 N–H and O–H groups in total. The zero-order chi connectivity index (χ0) is 19.6. The van der Waals surface area contributed by atoms with Gasteiger partial charge in [-0.05, 0) is 56.5 Å². The van der Waals surface area contributed by atoms with Crippen molar-refractivity contribution in [2.75, 3.05) is 38.2 Å². The zero-order valence-electron chi connectivity index (χ0n) is 16.7. The summed E-state index contributed by atoms with van der Waals surface area (Å²) in [5, 5.41) is 9.36. The van der Waals surface area contributed by atoms with E-state index in [2.05, 4.69) is 25.3 Å². The molecule has 1 unspecified atom stereocenters. The van der Waals surface area contributed by atoms with E-state index < -0.39 is 0 Å². The van der Waals surface area contributed by atoms with Crippen LogP contribution in [0.3, 0.4) is 0 Å². The summed E-state index contributed by atoms with van der Waals surface area (Å²) in [6.45, 7) is 4.62. The van der Waals surface area contributed by atoms with Crippen LogP contribution in [0.5, 0.6) is 0 Å². The largest absolute Gasteiger partial charge is 0.379 e. The van der Waals surface area contributed by atoms with Crippen LogP contribution in [-0.2, 0) is 9.47 Å². The monoisotopic (exact) mass is 420 g/mol. The van der Waals surface area contributed by atoms with Crippen LogP contribution in [0, 0.1) is 0 Å². The molecule has 9 heteroatoms. The van der Waals surface area contributed by atoms with Gasteiger partial charge in [-0.2, -0.15) is 15.1 Å². The molecular formula is C20H29ClN6O2. The average Bonchev–Trinajstić information content (AvgIpc) is 3.19. The normalized spacial score (nSPS) is 29.2. The van der Waals surface area contributed by atoms with E-state index in [-0.39, 0.29) is 11.5 Å². The number of ether oxygens (including phenoxy) is 2. The fourth-order valence-corrected chi connectivity index (χ4v) is 5.02. The molecule has 0 aromatic carbocycles. The van der Waals surface area contributed by atoms with Gasteiger partial charge in [0.2, 0.25) is 5.28 Å². The molecule has 5 rings (SSSR count). The van der Waals surface area contributed by atoms with Crippen molar-refractivity contribution < 1.29 is 9.47 Å². The second-order valence-corrected chi connectivity index (χ2v) is 8.63. The minimum absolute atomic E-state index is 0.0657. The maximum Gasteiger partial charge on any atom is 0.226 e. The Morgan fingerprint density at radius 2 is 1.83 bits per heavy atom. The quantitative estimate of drug-likeness (QED) is 0.760. The van der Waals surface area contributed by atoms with E-state index in [1.54, 1.807) is 0 Å². The first-order chi connectivity index (χ1) is 14.3. The third-order valence-electron chi connectivity index (χ3n) is 6.45. The summed E-state index contributed by atoms with van der Waals surface area (Å²) >= 11 is 6.27. The smallest absolute Gasteiger partial charge is 0.226 e. The van der Waals surface area contributed by atoms with Crippen molar-refractivity contribution in [3.05, 3.63) is 11.5 Å². The number of morpholine rings is 1. The van der Waals surface area contributed by atoms with Crippen molar-refractivity contribution in [3.63, 3.8) is 0 Å². The number of nitrogens with zero attached hydrogens (tertiary/aromatic N) is 5. The van der Waals surface area contributed by atoms with Crippen molar-refractivity contribution in [1.82, 2.24) is 24.6 Å². The molecule has 2 aliphatic heterocycles. The van der Waals surface area contributed by atoms with Crippen LogP contribution in [0.15, 0.2) is 6.20 Å². The van der Waals surface area contributed by atoms with Gasteiger partial charge >= 0.3 is 0 Å². The molecule has 158 valence electrons. The highest BCUT2D eigenvalue weighted by Crippen LogP contribution is 2.31. The molecule has 1 saturated carbocycles. The Balaban J connectivity index is 1.29. The molecule has 0 radical (unpaired) electrons. The van der Waals surface area contributed by atoms with Crippen molar-refractivity contribution in [2.24, 2.45) is 0 Å². The van der Waals surface area contributed by atoms with Crippen LogP contribution in [0.25, 0.3) is 11.0 Å². The van der Waals surface area contributed by atoms with Gasteiger partial charge < -0.3 is 14.8 Å². The highest BCUT2D eigenvalue weighted by atomic mass is 35.5. The molecule has 8 nitrogen and oxygen atoms in total. The van der Waals surface area contributed by atoms with Crippen molar-refractivity contribution in [2.45, 2.75) is 63.3 Å². The number of fused-ring (bicyclic) bond motifs is 1. The van der Waals surface area contributed by atoms with E-state index in [0.29, 0.717) is 12.1 Å². The van der Waals surface area contributed by atoms with E-state index in [4.69, 9.17) is 21.1 Å². The Morgan fingerprint density at radius 3 is 2.59 bits per heavy atom. The van der Waals surface area contributed by atoms with Crippen LogP contribution < -0.4 is 5.32 Å². The van der Waals surface area contributed by atoms with Crippen LogP contribution >= 0.6 is 11.6 Å². The summed E-state index contributed by atoms with van der Waals surface area (Å²) in [7, 11) is 0. The fraction of sp³-hybridized carbons (Fsp3) is 0.750. The summed E-state index contributed by atoms with van der Waals surface area (Å²) < 4.78 is 13.2. The topological polar surface area (TPSA) is 77.3 Å². The number of aromatic nitrogens is 4. The molecular weight excluding hydrogens is 392 g/mol. The number of anilines is 1. The van der Waals surface area contributed by atoms with Crippen LogP contribution in [0.1, 0.15) is 51.2 Å². The highest BCUT2D eigenvalue weighted by molar-refractivity contribution is 6.28. The Kier molecular flexibility index (Phi) is 5.85. The number of halogens is 1. The Labute approximate surface area is 175 Å². The minimum atomic E-state index is -0.0657. The molecule has 0 spiro atoms. The second kappa shape index (κ2) is 8.71. The number of hydrogen-bond donors (Lipinski definition) is 1. The first-order valence-electron chi connectivity index (χ1n) is 10.9. The Hall–Kier alpha value is -1.48. The maximum atomic E-state index is 6.27. The lowest BCUT2D eigenvalue weighted by Gasteiger charge is -2.39. The molecule has 29 heavy (non-hydrogen) atoms. The first-order valence-corrected chi connectivity index (χ1v) is 11.3. The van der Waals surface area contributed by atoms with Crippen LogP contribution in [0.4, 0.5) is 5.82 Å². The second-order valence-electron chi connectivity index (χ2n) is 8.29. The predicted molar refractivity (Wildman–Crippen MR) is 111 cm³/mol. The van der Waals surface area contributed by atoms with Gasteiger partial charge in [-0.15, -0.1) is 0 Å². The van der Waals surface area contributed by atoms with E-state index in [9.17, 15) is 0 Å². The van der Waals surface area contributed by atoms with Gasteiger partial charge in [-0.3, -0.25) is 4.90 Å². The van der Waals surface area contributed by atoms with Gasteiger partial charge in [0.05, 0.1) is 24.8 Å². The minimum Gasteiger partial charge on any atom is -0.379 e. The molecule has 0 bridgehead atoms. The number of nitrogens with one attached hydrogen (secondary N) is 1. The molecule has 3 aliphatic rings. The lowest BCUT2D eigenvalue weighted by Crippen LogP contribution is -2.46. The van der Waals surface area contributed by atoms with Crippen LogP contribution in [-0.4, -0.2) is 69.6 Å². The van der Waals surface area contributed by atoms with E-state index in [1.807, 2.05) is 10.9 Å². The maximum absolute atomic E-state index is 6.27. The standard InChI is InChI=1S/C20H29ClN6O2/c21-20-24-18(16-13-22-27(19(16)25-20)17-3-1-2-10-29-17)23-14-4-6-15(7-5-14)26-8-11-28-12-9-26/h13-15,17H,1-12H2,(H,23,24,25)/t14-,15-,17?. The Morgan fingerprint density at radius 1 is 1.00 bits per heavy atom. The van der Waals surface area contributed by atoms with Crippen molar-refractivity contribution in [3.8, 4) is 0 Å². The molecule has 2 aromatic rings. The molecule has 4 heterocycles. The summed E-state index contributed by atoms with van der Waals surface area (Å²) in [5.74, 6) is 0.789. The molecule has 2 aromatic heterocycles. The van der Waals surface area contributed by atoms with Gasteiger partial charge in [0.25, 0.3) is 0 Å². The zero-order valence-corrected chi connectivity index (χ0v) is 17.5. The van der Waals surface area contributed by atoms with Gasteiger partial charge in [-0.25, -0.2) is 4.68 Å². The lowest BCUT2D eigenvalue weighted by molar-refractivity contribution is -0.0370. The third-order valence-corrected chi connectivity index (χ3v) is 6.62. The third kappa shape index (κ3) is 4.21. The van der Waals surface area contributed by atoms with Gasteiger partial charge in [0, 0.05) is 31.8 Å².